The van der Waals surface area contributed by atoms with Gasteiger partial charge in [-0.2, -0.15) is 33.9 Å². The van der Waals surface area contributed by atoms with Gasteiger partial charge in [0.2, 0.25) is 11.9 Å². The van der Waals surface area contributed by atoms with Gasteiger partial charge in [0.05, 0.1) is 160 Å². The van der Waals surface area contributed by atoms with Crippen LogP contribution in [0.4, 0.5) is 40.3 Å². The van der Waals surface area contributed by atoms with Gasteiger partial charge in [-0.05, 0) is 67.0 Å². The molecular weight excluding hydrogens is 1700 g/mol. The molecule has 9 aromatic heterocycles. The van der Waals surface area contributed by atoms with Crippen LogP contribution in [-0.4, -0.2) is 184 Å². The summed E-state index contributed by atoms with van der Waals surface area (Å²) >= 11 is 9.76. The maximum Gasteiger partial charge on any atom is 1.00 e. The molecule has 0 bridgehead atoms. The number of nitrogens with zero attached hydrogens (tertiary/aromatic N) is 15. The molecule has 0 spiro atoms. The van der Waals surface area contributed by atoms with E-state index >= 15 is 0 Å². The summed E-state index contributed by atoms with van der Waals surface area (Å²) in [4.78, 5) is 50.3. The molecule has 0 amide bonds. The monoisotopic (exact) mass is 1770 g/mol. The maximum atomic E-state index is 11.9. The molecule has 11 aromatic rings. The molecule has 2 aromatic carbocycles. The standard InChI is InChI=1S/C20H21N5O4S2.C12H12BrN5OS.C7H8O3S.C5H7N3O3.C5H9N3O.C3H3N3O2.C2H5BrO.CH2O3.CH3.2K.Pd.H/c1-12-18(15-5-4-14(31(3,27)28)8-16(15)29-2)19-17(30-12)10-21-20(24-19)23-13-9-22-25(11-13)6-7-26;1-7-10(13)11-9(20-7)5-14-12(17-11)16-8-4-15-18(6-8)2-3-19;1-6-2-4-7(5-3-6)11(8,9)10;9-2-1-7-4-5(3-6-7)8(10)11;6-5-3-7-8(4-5)1-2-9;7-6(8)3-1-4-5-2-3;3-1-2-4;2-1-4-3;;;;;/h4-5,8-11,26H,6-7H2,1-3H3,(H,21,23,24);4-6,19H,2-3H2,1H3,(H,14,16,17);2-5H,1H3,(H,8,9,10);3-4,9H,1-2H2;3-4,9H,1-2,6H2;1-2H,(H,4,5);4H,1-2H2;1,3H;1H3;;;;/q;;;;;;;;-1;2*+1;;-1/p-1. The first-order chi connectivity index (χ1) is 46.7. The average Bonchev–Trinajstić information content (AvgIpc) is 1.67. The number of anilines is 5. The maximum absolute atomic E-state index is 11.9. The quantitative estimate of drug-likeness (QED) is 0.00695. The molecule has 0 aliphatic heterocycles. The van der Waals surface area contributed by atoms with Crippen LogP contribution in [0.2, 0.25) is 0 Å². The Morgan fingerprint density at radius 1 is 0.686 bits per heavy atom. The molecule has 9 heterocycles. The minimum absolute atomic E-state index is 0. The first kappa shape index (κ1) is 96.6. The van der Waals surface area contributed by atoms with E-state index in [2.05, 4.69) is 92.9 Å². The number of nitro groups is 2. The number of aliphatic hydroxyl groups excluding tert-OH is 5. The molecule has 46 heteroatoms. The number of fused-ring (bicyclic) bond motifs is 2. The summed E-state index contributed by atoms with van der Waals surface area (Å²) in [6.45, 7) is 7.68. The number of ether oxygens (including phenoxy) is 1. The summed E-state index contributed by atoms with van der Waals surface area (Å²) in [5.74, 6) is 1.39. The van der Waals surface area contributed by atoms with E-state index in [1.165, 1.54) is 53.5 Å². The number of aryl methyl sites for hydroxylation is 3. The molecule has 0 fully saturated rings. The van der Waals surface area contributed by atoms with Gasteiger partial charge < -0.3 is 65.6 Å². The number of sulfone groups is 1. The van der Waals surface area contributed by atoms with E-state index in [1.807, 2.05) is 27.0 Å². The summed E-state index contributed by atoms with van der Waals surface area (Å²) in [5.41, 5.74) is 11.6. The number of carbonyl (C=O) groups is 1. The second kappa shape index (κ2) is 50.1. The molecular formula is C56H70Br2K2N19O18PdS4-. The fourth-order valence-corrected chi connectivity index (χ4v) is 11.1. The first-order valence-corrected chi connectivity index (χ1v) is 34.6. The Labute approximate surface area is 708 Å². The van der Waals surface area contributed by atoms with Crippen LogP contribution in [0.1, 0.15) is 16.7 Å². The van der Waals surface area contributed by atoms with E-state index in [1.54, 1.807) is 104 Å². The predicted molar refractivity (Wildman–Crippen MR) is 374 cm³/mol. The molecule has 0 unspecified atom stereocenters. The van der Waals surface area contributed by atoms with Gasteiger partial charge in [0, 0.05) is 71.5 Å². The Bertz CT molecular complexity index is 4520. The van der Waals surface area contributed by atoms with E-state index in [4.69, 9.17) is 55.6 Å². The zero-order valence-corrected chi connectivity index (χ0v) is 69.9. The molecule has 0 saturated carbocycles. The topological polar surface area (TPSA) is 536 Å². The van der Waals surface area contributed by atoms with Crippen molar-refractivity contribution in [3.63, 3.8) is 0 Å². The number of aromatic nitrogens is 14. The van der Waals surface area contributed by atoms with Crippen molar-refractivity contribution in [2.24, 2.45) is 0 Å². The number of benzene rings is 2. The minimum atomic E-state index is -4.02. The molecule has 0 aliphatic carbocycles. The van der Waals surface area contributed by atoms with Gasteiger partial charge in [0.1, 0.15) is 29.9 Å². The molecule has 102 heavy (non-hydrogen) atoms. The van der Waals surface area contributed by atoms with Crippen LogP contribution in [0.25, 0.3) is 31.6 Å². The second-order valence-electron chi connectivity index (χ2n) is 18.9. The number of thiophene rings is 2. The van der Waals surface area contributed by atoms with E-state index in [9.17, 15) is 37.1 Å². The van der Waals surface area contributed by atoms with Crippen molar-refractivity contribution in [3.8, 4) is 16.9 Å². The van der Waals surface area contributed by atoms with Gasteiger partial charge in [-0.25, -0.2) is 28.4 Å². The van der Waals surface area contributed by atoms with Gasteiger partial charge in [0.15, 0.2) is 9.84 Å². The van der Waals surface area contributed by atoms with Crippen LogP contribution in [-0.2, 0) is 76.2 Å². The van der Waals surface area contributed by atoms with Crippen molar-refractivity contribution < 1.29 is 201 Å². The summed E-state index contributed by atoms with van der Waals surface area (Å²) in [6, 6.07) is 10.8. The van der Waals surface area contributed by atoms with Crippen molar-refractivity contribution >= 4 is 142 Å². The molecule has 11 N–H and O–H groups in total. The van der Waals surface area contributed by atoms with Gasteiger partial charge in [-0.1, -0.05) is 33.6 Å². The number of rotatable bonds is 20. The zero-order chi connectivity index (χ0) is 72.5. The SMILES string of the molecule is COc1cc(S(C)(=O)=O)ccc1-c1c(C)sc2cnc(Nc3cnn(CCO)c3)nc12.Cc1ccc(S(=O)(=O)O)cc1.Cc1sc2cnc(Nc3cnn(CCO)c3)nc2c1Br.Nc1cnn(CCO)c1.O=CO[O-].O=[N+]([O-])c1cn[nH]c1.O=[N+]([O-])c1cnn(CCO)c1.OCCBr.[CH3-].[H-].[K+].[K+].[Pd]. The number of halogens is 2. The first-order valence-electron chi connectivity index (χ1n) is 27.8. The summed E-state index contributed by atoms with van der Waals surface area (Å²) in [7, 11) is -5.86. The minimum Gasteiger partial charge on any atom is -1.00 e. The van der Waals surface area contributed by atoms with Crippen LogP contribution >= 0.6 is 54.5 Å². The summed E-state index contributed by atoms with van der Waals surface area (Å²) in [6.07, 6.45) is 19.6. The third-order valence-corrected chi connectivity index (χ3v) is 17.4. The molecule has 0 saturated heterocycles. The molecule has 548 valence electrons. The number of nitrogens with one attached hydrogen (secondary N) is 3. The predicted octanol–water partition coefficient (Wildman–Crippen LogP) is -0.117. The van der Waals surface area contributed by atoms with Crippen LogP contribution < -0.4 is 129 Å². The molecule has 0 aliphatic rings. The Balaban J connectivity index is 0. The summed E-state index contributed by atoms with van der Waals surface area (Å²) < 4.78 is 68.1. The van der Waals surface area contributed by atoms with Crippen LogP contribution in [0.3, 0.4) is 0 Å². The number of hydrogen-bond acceptors (Lipinski definition) is 31. The van der Waals surface area contributed by atoms with Crippen molar-refractivity contribution in [1.29, 1.82) is 0 Å². The van der Waals surface area contributed by atoms with E-state index in [0.29, 0.717) is 54.0 Å². The van der Waals surface area contributed by atoms with E-state index in [0.717, 1.165) is 64.6 Å². The molecule has 0 atom stereocenters. The fourth-order valence-electron chi connectivity index (χ4n) is 7.43. The van der Waals surface area contributed by atoms with Gasteiger partial charge in [-0.3, -0.25) is 53.4 Å². The van der Waals surface area contributed by atoms with Crippen LogP contribution in [0.15, 0.2) is 131 Å². The average molecular weight is 1770 g/mol. The normalized spacial score (nSPS) is 10.1. The largest absolute Gasteiger partial charge is 1.00 e. The number of hydrogen-bond donors (Lipinski definition) is 10. The number of aliphatic hydroxyl groups is 5. The fraction of sp³-hybridized carbons (Fsp3) is 0.268. The zero-order valence-electron chi connectivity index (χ0n) is 56.7. The molecule has 11 rings (SSSR count). The Morgan fingerprint density at radius 2 is 1.14 bits per heavy atom. The van der Waals surface area contributed by atoms with Crippen molar-refractivity contribution in [2.75, 3.05) is 68.1 Å². The Morgan fingerprint density at radius 3 is 1.54 bits per heavy atom. The molecule has 0 radical (unpaired) electrons. The Kier molecular flexibility index (Phi) is 47.4. The van der Waals surface area contributed by atoms with Crippen molar-refractivity contribution in [2.45, 2.75) is 56.7 Å². The third-order valence-electron chi connectivity index (χ3n) is 11.7. The number of methoxy groups -OCH3 is 1. The number of aromatic amines is 1. The molecule has 37 nitrogen and oxygen atoms in total. The smallest absolute Gasteiger partial charge is 1.00 e. The van der Waals surface area contributed by atoms with Crippen LogP contribution in [0.5, 0.6) is 5.75 Å². The number of alkyl halides is 1. The van der Waals surface area contributed by atoms with Gasteiger partial charge in [0.25, 0.3) is 16.6 Å². The van der Waals surface area contributed by atoms with Gasteiger partial charge >= 0.3 is 114 Å². The van der Waals surface area contributed by atoms with E-state index in [-0.39, 0.29) is 199 Å². The number of carbonyl (C=O) groups excluding carboxylic acids is 1. The number of nitrogen functional groups attached to an aromatic ring is 1. The third kappa shape index (κ3) is 32.9. The Hall–Kier alpha value is -5.44. The summed E-state index contributed by atoms with van der Waals surface area (Å²) in [5, 5.41) is 99.3. The van der Waals surface area contributed by atoms with Crippen molar-refractivity contribution in [1.82, 2.24) is 69.3 Å². The van der Waals surface area contributed by atoms with Gasteiger partial charge in [-0.15, -0.1) is 22.7 Å². The number of H-pyrrole nitrogens is 1. The second-order valence-corrected chi connectivity index (χ2v) is 26.5. The van der Waals surface area contributed by atoms with E-state index < -0.39 is 29.8 Å². The van der Waals surface area contributed by atoms with Crippen LogP contribution in [0, 0.1) is 48.4 Å². The van der Waals surface area contributed by atoms with Crippen molar-refractivity contribution in [3.05, 3.63) is 164 Å². The number of nitrogens with two attached hydrogens (primary N) is 1.